The molecule has 6 atom stereocenters. The molecule has 0 aromatic heterocycles. The molecule has 1 heterocycles. The number of amides is 1. The smallest absolute Gasteiger partial charge is 0.220 e. The SMILES string of the molecule is CCCl.CNCCC(C)CCCC(=O)NC(C)C1OC(SC)C(O)CC1N. The second-order valence-corrected chi connectivity index (χ2v) is 8.66. The number of alkyl halides is 1. The third-order valence-electron chi connectivity index (χ3n) is 4.64. The van der Waals surface area contributed by atoms with Gasteiger partial charge in [-0.2, -0.15) is 0 Å². The molecule has 1 aliphatic heterocycles. The summed E-state index contributed by atoms with van der Waals surface area (Å²) in [5.41, 5.74) is 5.82. The van der Waals surface area contributed by atoms with Gasteiger partial charge < -0.3 is 26.2 Å². The Bertz CT molecular complexity index is 393. The lowest BCUT2D eigenvalue weighted by molar-refractivity contribution is -0.126. The van der Waals surface area contributed by atoms with Crippen LogP contribution in [0, 0.1) is 5.92 Å². The van der Waals surface area contributed by atoms with Gasteiger partial charge in [-0.3, -0.25) is 4.79 Å². The van der Waals surface area contributed by atoms with Gasteiger partial charge in [0.2, 0.25) is 5.91 Å². The van der Waals surface area contributed by atoms with Crippen LogP contribution in [0.3, 0.4) is 0 Å². The predicted molar refractivity (Wildman–Crippen MR) is 116 cm³/mol. The number of hydrogen-bond donors (Lipinski definition) is 4. The van der Waals surface area contributed by atoms with Crippen LogP contribution >= 0.6 is 23.4 Å². The van der Waals surface area contributed by atoms with E-state index in [1.165, 1.54) is 11.8 Å². The first kappa shape index (κ1) is 27.0. The average molecular weight is 426 g/mol. The van der Waals surface area contributed by atoms with Crippen LogP contribution in [0.5, 0.6) is 0 Å². The monoisotopic (exact) mass is 425 g/mol. The molecule has 0 aromatic carbocycles. The molecule has 1 fully saturated rings. The van der Waals surface area contributed by atoms with Crippen LogP contribution in [-0.2, 0) is 9.53 Å². The van der Waals surface area contributed by atoms with Crippen LogP contribution in [0.2, 0.25) is 0 Å². The van der Waals surface area contributed by atoms with Crippen molar-refractivity contribution in [1.82, 2.24) is 10.6 Å². The average Bonchev–Trinajstić information content (AvgIpc) is 2.60. The number of hydrogen-bond acceptors (Lipinski definition) is 6. The van der Waals surface area contributed by atoms with Crippen LogP contribution < -0.4 is 16.4 Å². The lowest BCUT2D eigenvalue weighted by atomic mass is 9.96. The zero-order valence-electron chi connectivity index (χ0n) is 17.5. The Kier molecular flexibility index (Phi) is 15.8. The maximum atomic E-state index is 12.1. The highest BCUT2D eigenvalue weighted by molar-refractivity contribution is 7.99. The fourth-order valence-corrected chi connectivity index (χ4v) is 3.79. The molecule has 6 nitrogen and oxygen atoms in total. The van der Waals surface area contributed by atoms with E-state index in [0.29, 0.717) is 18.8 Å². The minimum Gasteiger partial charge on any atom is -0.389 e. The van der Waals surface area contributed by atoms with Gasteiger partial charge >= 0.3 is 0 Å². The van der Waals surface area contributed by atoms with Crippen molar-refractivity contribution in [3.05, 3.63) is 0 Å². The van der Waals surface area contributed by atoms with E-state index in [-0.39, 0.29) is 29.5 Å². The summed E-state index contributed by atoms with van der Waals surface area (Å²) in [7, 11) is 1.96. The first-order valence-electron chi connectivity index (χ1n) is 9.92. The fourth-order valence-electron chi connectivity index (χ4n) is 3.13. The summed E-state index contributed by atoms with van der Waals surface area (Å²) in [6.45, 7) is 7.05. The number of carbonyl (C=O) groups excluding carboxylic acids is 1. The van der Waals surface area contributed by atoms with Crippen molar-refractivity contribution in [2.75, 3.05) is 25.7 Å². The number of halogens is 1. The van der Waals surface area contributed by atoms with Crippen LogP contribution in [0.25, 0.3) is 0 Å². The van der Waals surface area contributed by atoms with Crippen molar-refractivity contribution in [2.45, 2.75) is 82.6 Å². The minimum atomic E-state index is -0.548. The molecule has 6 unspecified atom stereocenters. The molecular formula is C19H40ClN3O3S. The van der Waals surface area contributed by atoms with Crippen LogP contribution in [0.4, 0.5) is 0 Å². The van der Waals surface area contributed by atoms with Gasteiger partial charge in [0.1, 0.15) is 5.44 Å². The van der Waals surface area contributed by atoms with Gasteiger partial charge in [-0.25, -0.2) is 0 Å². The van der Waals surface area contributed by atoms with E-state index in [4.69, 9.17) is 22.1 Å². The fraction of sp³-hybridized carbons (Fsp3) is 0.947. The Morgan fingerprint density at radius 3 is 2.59 bits per heavy atom. The Balaban J connectivity index is 0.00000210. The first-order valence-corrected chi connectivity index (χ1v) is 11.7. The number of aliphatic hydroxyl groups excluding tert-OH is 1. The zero-order valence-corrected chi connectivity index (χ0v) is 19.1. The molecule has 0 radical (unpaired) electrons. The van der Waals surface area contributed by atoms with Crippen molar-refractivity contribution in [2.24, 2.45) is 11.7 Å². The molecule has 8 heteroatoms. The van der Waals surface area contributed by atoms with E-state index in [0.717, 1.165) is 31.7 Å². The summed E-state index contributed by atoms with van der Waals surface area (Å²) in [5, 5.41) is 16.1. The van der Waals surface area contributed by atoms with E-state index in [1.807, 2.05) is 27.2 Å². The third kappa shape index (κ3) is 11.5. The van der Waals surface area contributed by atoms with Crippen molar-refractivity contribution in [3.63, 3.8) is 0 Å². The number of rotatable bonds is 10. The first-order chi connectivity index (χ1) is 12.8. The minimum absolute atomic E-state index is 0.0472. The Morgan fingerprint density at radius 1 is 1.41 bits per heavy atom. The van der Waals surface area contributed by atoms with Crippen molar-refractivity contribution in [1.29, 1.82) is 0 Å². The summed E-state index contributed by atoms with van der Waals surface area (Å²) in [4.78, 5) is 12.1. The molecule has 27 heavy (non-hydrogen) atoms. The summed E-state index contributed by atoms with van der Waals surface area (Å²) >= 11 is 6.47. The standard InChI is InChI=1S/C17H35N3O3S.C2H5Cl/c1-11(8-9-19-3)6-5-7-15(22)20-12(2)16-13(18)10-14(21)17(23-16)24-4;1-2-3/h11-14,16-17,19,21H,5-10,18H2,1-4H3,(H,20,22);2H2,1H3. The van der Waals surface area contributed by atoms with E-state index in [1.54, 1.807) is 0 Å². The van der Waals surface area contributed by atoms with E-state index >= 15 is 0 Å². The van der Waals surface area contributed by atoms with E-state index in [9.17, 15) is 9.90 Å². The maximum Gasteiger partial charge on any atom is 0.220 e. The Morgan fingerprint density at radius 2 is 2.04 bits per heavy atom. The molecule has 162 valence electrons. The molecule has 0 aliphatic carbocycles. The predicted octanol–water partition coefficient (Wildman–Crippen LogP) is 2.32. The molecule has 1 rings (SSSR count). The summed E-state index contributed by atoms with van der Waals surface area (Å²) in [5.74, 6) is 1.40. The molecule has 1 saturated heterocycles. The quantitative estimate of drug-likeness (QED) is 0.401. The van der Waals surface area contributed by atoms with Crippen molar-refractivity contribution < 1.29 is 14.6 Å². The topological polar surface area (TPSA) is 96.6 Å². The molecule has 0 spiro atoms. The van der Waals surface area contributed by atoms with Gasteiger partial charge in [0.05, 0.1) is 18.2 Å². The van der Waals surface area contributed by atoms with Crippen LogP contribution in [0.1, 0.15) is 52.9 Å². The molecule has 0 aromatic rings. The van der Waals surface area contributed by atoms with Gasteiger partial charge in [0, 0.05) is 18.3 Å². The second kappa shape index (κ2) is 15.8. The molecular weight excluding hydrogens is 386 g/mol. The van der Waals surface area contributed by atoms with E-state index in [2.05, 4.69) is 17.6 Å². The molecule has 1 aliphatic rings. The zero-order chi connectivity index (χ0) is 20.8. The highest BCUT2D eigenvalue weighted by atomic mass is 35.5. The number of nitrogens with two attached hydrogens (primary N) is 1. The van der Waals surface area contributed by atoms with E-state index < -0.39 is 6.10 Å². The highest BCUT2D eigenvalue weighted by Gasteiger charge is 2.38. The maximum absolute atomic E-state index is 12.1. The number of aliphatic hydroxyl groups is 1. The Hall–Kier alpha value is -0.0500. The van der Waals surface area contributed by atoms with Crippen molar-refractivity contribution in [3.8, 4) is 0 Å². The van der Waals surface area contributed by atoms with Crippen LogP contribution in [0.15, 0.2) is 0 Å². The molecule has 5 N–H and O–H groups in total. The van der Waals surface area contributed by atoms with Gasteiger partial charge in [0.25, 0.3) is 0 Å². The summed E-state index contributed by atoms with van der Waals surface area (Å²) < 4.78 is 5.88. The number of carbonyl (C=O) groups is 1. The lowest BCUT2D eigenvalue weighted by Gasteiger charge is -2.40. The molecule has 0 saturated carbocycles. The van der Waals surface area contributed by atoms with Gasteiger partial charge in [-0.1, -0.05) is 20.3 Å². The second-order valence-electron chi connectivity index (χ2n) is 7.18. The summed E-state index contributed by atoms with van der Waals surface area (Å²) in [6, 6.07) is -0.420. The van der Waals surface area contributed by atoms with Gasteiger partial charge in [0.15, 0.2) is 0 Å². The highest BCUT2D eigenvalue weighted by Crippen LogP contribution is 2.27. The number of nitrogens with one attached hydrogen (secondary N) is 2. The number of ether oxygens (including phenoxy) is 1. The normalized spacial score (nSPS) is 27.3. The lowest BCUT2D eigenvalue weighted by Crippen LogP contribution is -2.58. The third-order valence-corrected chi connectivity index (χ3v) is 5.53. The molecule has 1 amide bonds. The van der Waals surface area contributed by atoms with Gasteiger partial charge in [-0.05, 0) is 52.0 Å². The van der Waals surface area contributed by atoms with Gasteiger partial charge in [-0.15, -0.1) is 23.4 Å². The Labute approximate surface area is 174 Å². The van der Waals surface area contributed by atoms with Crippen molar-refractivity contribution >= 4 is 29.3 Å². The molecule has 0 bridgehead atoms. The van der Waals surface area contributed by atoms with Crippen LogP contribution in [-0.4, -0.2) is 66.5 Å². The number of thioether (sulfide) groups is 1. The largest absolute Gasteiger partial charge is 0.389 e. The summed E-state index contributed by atoms with van der Waals surface area (Å²) in [6.07, 6.45) is 5.22.